The minimum atomic E-state index is -1.26. The fourth-order valence-corrected chi connectivity index (χ4v) is 4.01. The van der Waals surface area contributed by atoms with Gasteiger partial charge in [-0.05, 0) is 63.3 Å². The number of nitrogens with zero attached hydrogens (tertiary/aromatic N) is 2. The zero-order valence-corrected chi connectivity index (χ0v) is 20.2. The smallest absolute Gasteiger partial charge is 0.319 e. The molecule has 9 nitrogen and oxygen atoms in total. The van der Waals surface area contributed by atoms with Crippen molar-refractivity contribution in [3.63, 3.8) is 0 Å². The minimum absolute atomic E-state index is 0.0293. The first kappa shape index (κ1) is 27.0. The Labute approximate surface area is 208 Å². The van der Waals surface area contributed by atoms with Crippen LogP contribution < -0.4 is 15.8 Å². The number of halogens is 1. The predicted octanol–water partition coefficient (Wildman–Crippen LogP) is 1.75. The van der Waals surface area contributed by atoms with Gasteiger partial charge >= 0.3 is 11.6 Å². The van der Waals surface area contributed by atoms with Crippen LogP contribution in [0.4, 0.5) is 4.39 Å². The van der Waals surface area contributed by atoms with Gasteiger partial charge in [0, 0.05) is 12.0 Å². The summed E-state index contributed by atoms with van der Waals surface area (Å²) in [6.07, 6.45) is 0.315. The van der Waals surface area contributed by atoms with Crippen LogP contribution in [0.25, 0.3) is 11.0 Å². The van der Waals surface area contributed by atoms with E-state index in [0.29, 0.717) is 15.8 Å². The number of nitrogens with two attached hydrogens (primary N) is 1. The lowest BCUT2D eigenvalue weighted by molar-refractivity contribution is -0.580. The average molecular weight is 499 g/mol. The van der Waals surface area contributed by atoms with E-state index in [4.69, 9.17) is 5.73 Å². The molecule has 192 valence electrons. The number of aliphatic hydroxyl groups is 2. The number of benzene rings is 2. The van der Waals surface area contributed by atoms with Crippen LogP contribution in [0.1, 0.15) is 49.2 Å². The first-order valence-electron chi connectivity index (χ1n) is 11.7. The number of aromatic nitrogens is 2. The molecule has 0 aliphatic heterocycles. The molecule has 2 amide bonds. The molecule has 3 aromatic rings. The number of fused-ring (bicyclic) bond motifs is 1. The monoisotopic (exact) mass is 498 g/mol. The number of aliphatic hydroxyl groups excluding tert-OH is 1. The third-order valence-corrected chi connectivity index (χ3v) is 6.04. The van der Waals surface area contributed by atoms with Gasteiger partial charge in [0.05, 0.1) is 17.7 Å². The largest absolute Gasteiger partial charge is 0.618 e. The fourth-order valence-electron chi connectivity index (χ4n) is 4.01. The molecule has 0 spiro atoms. The van der Waals surface area contributed by atoms with Gasteiger partial charge in [0.1, 0.15) is 17.5 Å². The Morgan fingerprint density at radius 1 is 1.22 bits per heavy atom. The summed E-state index contributed by atoms with van der Waals surface area (Å²) in [7, 11) is 0. The van der Waals surface area contributed by atoms with Crippen LogP contribution in [-0.2, 0) is 11.2 Å². The number of carbonyl (C=O) groups is 2. The van der Waals surface area contributed by atoms with Crippen LogP contribution >= 0.6 is 0 Å². The topological polar surface area (TPSA) is 152 Å². The summed E-state index contributed by atoms with van der Waals surface area (Å²) in [5.41, 5.74) is 5.34. The highest BCUT2D eigenvalue weighted by atomic mass is 19.1. The van der Waals surface area contributed by atoms with E-state index in [2.05, 4.69) is 10.3 Å². The fraction of sp³-hybridized carbons (Fsp3) is 0.385. The molecule has 0 bridgehead atoms. The molecular formula is C26H31FN4O5. The second kappa shape index (κ2) is 11.4. The van der Waals surface area contributed by atoms with Gasteiger partial charge in [0.15, 0.2) is 0 Å². The van der Waals surface area contributed by atoms with Crippen LogP contribution in [0, 0.1) is 16.9 Å². The molecule has 1 aromatic heterocycles. The lowest BCUT2D eigenvalue weighted by Gasteiger charge is -2.27. The van der Waals surface area contributed by atoms with E-state index < -0.39 is 41.3 Å². The van der Waals surface area contributed by atoms with E-state index in [0.717, 1.165) is 6.20 Å². The summed E-state index contributed by atoms with van der Waals surface area (Å²) in [5.74, 6) is -2.69. The highest BCUT2D eigenvalue weighted by Gasteiger charge is 2.31. The van der Waals surface area contributed by atoms with E-state index in [1.165, 1.54) is 24.3 Å². The maximum Gasteiger partial charge on any atom is 0.319 e. The van der Waals surface area contributed by atoms with Crippen LogP contribution in [0.3, 0.4) is 0 Å². The molecule has 0 fully saturated rings. The third-order valence-electron chi connectivity index (χ3n) is 6.04. The van der Waals surface area contributed by atoms with Crippen LogP contribution in [0.15, 0.2) is 54.7 Å². The Morgan fingerprint density at radius 2 is 1.94 bits per heavy atom. The zero-order chi connectivity index (χ0) is 26.5. The number of rotatable bonds is 11. The molecule has 0 saturated carbocycles. The Balaban J connectivity index is 1.85. The number of hydrogen-bond donors (Lipinski definition) is 4. The van der Waals surface area contributed by atoms with Crippen molar-refractivity contribution >= 4 is 22.8 Å². The molecule has 3 rings (SSSR count). The van der Waals surface area contributed by atoms with Gasteiger partial charge in [-0.3, -0.25) is 9.59 Å². The summed E-state index contributed by atoms with van der Waals surface area (Å²) in [6.45, 7) is 3.20. The SMILES string of the molecule is CC(C)(O)CC[C@H](C[C@H](O)[C@H](Cc1cccc(F)c1)NC(=O)c1cnc2ccccc2[n+]1[O-])C(N)=O. The maximum absolute atomic E-state index is 13.8. The summed E-state index contributed by atoms with van der Waals surface area (Å²) < 4.78 is 14.2. The number of hydrogen-bond acceptors (Lipinski definition) is 6. The van der Waals surface area contributed by atoms with E-state index in [9.17, 15) is 29.4 Å². The van der Waals surface area contributed by atoms with Gasteiger partial charge in [-0.25, -0.2) is 9.37 Å². The van der Waals surface area contributed by atoms with Crippen LogP contribution in [0.2, 0.25) is 0 Å². The van der Waals surface area contributed by atoms with Crippen molar-refractivity contribution in [3.05, 3.63) is 77.0 Å². The molecule has 36 heavy (non-hydrogen) atoms. The number of para-hydroxylation sites is 2. The maximum atomic E-state index is 13.8. The van der Waals surface area contributed by atoms with Gasteiger partial charge in [0.2, 0.25) is 11.4 Å². The standard InChI is InChI=1S/C26H31FN4O5/c1-26(2,35)11-10-17(24(28)33)14-23(32)20(13-16-6-5-7-18(27)12-16)30-25(34)22-15-29-19-8-3-4-9-21(19)31(22)36/h3-9,12,15,17,20,23,32,35H,10-11,13-14H2,1-2H3,(H2,28,33)(H,30,34)/t17-,20+,23+/m1/s1. The minimum Gasteiger partial charge on any atom is -0.618 e. The van der Waals surface area contributed by atoms with Gasteiger partial charge in [-0.15, -0.1) is 0 Å². The van der Waals surface area contributed by atoms with Crippen LogP contribution in [0.5, 0.6) is 0 Å². The number of primary amides is 1. The molecule has 3 atom stereocenters. The summed E-state index contributed by atoms with van der Waals surface area (Å²) in [5, 5.41) is 36.5. The molecule has 0 unspecified atom stereocenters. The number of carbonyl (C=O) groups excluding carboxylic acids is 2. The molecule has 0 radical (unpaired) electrons. The van der Waals surface area contributed by atoms with Crippen molar-refractivity contribution in [3.8, 4) is 0 Å². The summed E-state index contributed by atoms with van der Waals surface area (Å²) in [4.78, 5) is 29.3. The molecule has 0 aliphatic carbocycles. The lowest BCUT2D eigenvalue weighted by atomic mass is 9.87. The van der Waals surface area contributed by atoms with Crippen molar-refractivity contribution in [2.24, 2.45) is 11.7 Å². The van der Waals surface area contributed by atoms with Crippen molar-refractivity contribution in [2.45, 2.75) is 57.3 Å². The van der Waals surface area contributed by atoms with Crippen molar-refractivity contribution < 1.29 is 28.9 Å². The van der Waals surface area contributed by atoms with Gasteiger partial charge < -0.3 is 26.5 Å². The molecule has 0 aliphatic rings. The van der Waals surface area contributed by atoms with Gasteiger partial charge in [-0.1, -0.05) is 24.3 Å². The number of amides is 2. The highest BCUT2D eigenvalue weighted by Crippen LogP contribution is 2.22. The molecule has 1 heterocycles. The Bertz CT molecular complexity index is 1230. The highest BCUT2D eigenvalue weighted by molar-refractivity contribution is 5.91. The summed E-state index contributed by atoms with van der Waals surface area (Å²) >= 11 is 0. The quantitative estimate of drug-likeness (QED) is 0.233. The molecule has 2 aromatic carbocycles. The van der Waals surface area contributed by atoms with Gasteiger partial charge in [0.25, 0.3) is 0 Å². The molecule has 5 N–H and O–H groups in total. The first-order chi connectivity index (χ1) is 16.9. The van der Waals surface area contributed by atoms with E-state index in [1.54, 1.807) is 38.1 Å². The molecule has 0 saturated heterocycles. The van der Waals surface area contributed by atoms with Crippen LogP contribution in [-0.4, -0.2) is 44.8 Å². The second-order valence-electron chi connectivity index (χ2n) is 9.59. The second-order valence-corrected chi connectivity index (χ2v) is 9.59. The van der Waals surface area contributed by atoms with Crippen molar-refractivity contribution in [1.82, 2.24) is 10.3 Å². The molecule has 10 heteroatoms. The third kappa shape index (κ3) is 7.19. The van der Waals surface area contributed by atoms with E-state index in [-0.39, 0.29) is 36.9 Å². The van der Waals surface area contributed by atoms with Crippen molar-refractivity contribution in [2.75, 3.05) is 0 Å². The summed E-state index contributed by atoms with van der Waals surface area (Å²) in [6, 6.07) is 11.2. The van der Waals surface area contributed by atoms with Gasteiger partial charge in [-0.2, -0.15) is 4.73 Å². The number of nitrogens with one attached hydrogen (secondary N) is 1. The Morgan fingerprint density at radius 3 is 2.61 bits per heavy atom. The van der Waals surface area contributed by atoms with E-state index >= 15 is 0 Å². The van der Waals surface area contributed by atoms with Crippen molar-refractivity contribution in [1.29, 1.82) is 0 Å². The first-order valence-corrected chi connectivity index (χ1v) is 11.7. The molecular weight excluding hydrogens is 467 g/mol. The lowest BCUT2D eigenvalue weighted by Crippen LogP contribution is -2.49. The Kier molecular flexibility index (Phi) is 8.54. The zero-order valence-electron chi connectivity index (χ0n) is 20.2. The average Bonchev–Trinajstić information content (AvgIpc) is 2.80. The normalized spacial score (nSPS) is 14.2. The van der Waals surface area contributed by atoms with E-state index in [1.807, 2.05) is 0 Å². The predicted molar refractivity (Wildman–Crippen MR) is 131 cm³/mol. The Hall–Kier alpha value is -3.63.